The summed E-state index contributed by atoms with van der Waals surface area (Å²) >= 11 is 0. The Morgan fingerprint density at radius 3 is 2.85 bits per heavy atom. The van der Waals surface area contributed by atoms with E-state index < -0.39 is 0 Å². The molecule has 0 aliphatic carbocycles. The van der Waals surface area contributed by atoms with Crippen molar-refractivity contribution < 1.29 is 9.26 Å². The molecule has 2 heterocycles. The molecular weight excluding hydrogens is 254 g/mol. The summed E-state index contributed by atoms with van der Waals surface area (Å²) in [7, 11) is 1.67. The van der Waals surface area contributed by atoms with E-state index in [-0.39, 0.29) is 6.04 Å². The summed E-state index contributed by atoms with van der Waals surface area (Å²) in [5.74, 6) is 2.39. The number of hydrogen-bond acceptors (Lipinski definition) is 5. The molecule has 5 heteroatoms. The number of rotatable bonds is 5. The van der Waals surface area contributed by atoms with E-state index in [2.05, 4.69) is 27.6 Å². The van der Waals surface area contributed by atoms with Crippen LogP contribution in [0.3, 0.4) is 0 Å². The van der Waals surface area contributed by atoms with Crippen LogP contribution in [0.4, 0.5) is 0 Å². The SMILES string of the molecule is COc1ccc(CCc2nc(C3CCCN3)no2)cc1. The summed E-state index contributed by atoms with van der Waals surface area (Å²) in [5, 5.41) is 7.44. The Balaban J connectivity index is 1.57. The Morgan fingerprint density at radius 2 is 2.15 bits per heavy atom. The van der Waals surface area contributed by atoms with Crippen molar-refractivity contribution in [3.8, 4) is 5.75 Å². The van der Waals surface area contributed by atoms with Gasteiger partial charge in [0.25, 0.3) is 0 Å². The minimum atomic E-state index is 0.272. The quantitative estimate of drug-likeness (QED) is 0.905. The van der Waals surface area contributed by atoms with Gasteiger partial charge in [0.15, 0.2) is 5.82 Å². The summed E-state index contributed by atoms with van der Waals surface area (Å²) < 4.78 is 10.5. The van der Waals surface area contributed by atoms with E-state index in [1.807, 2.05) is 12.1 Å². The zero-order valence-electron chi connectivity index (χ0n) is 11.6. The van der Waals surface area contributed by atoms with Gasteiger partial charge in [-0.25, -0.2) is 0 Å². The number of nitrogens with zero attached hydrogens (tertiary/aromatic N) is 2. The first-order valence-corrected chi connectivity index (χ1v) is 7.04. The van der Waals surface area contributed by atoms with E-state index in [0.29, 0.717) is 5.89 Å². The minimum Gasteiger partial charge on any atom is -0.497 e. The van der Waals surface area contributed by atoms with Crippen molar-refractivity contribution in [1.29, 1.82) is 0 Å². The van der Waals surface area contributed by atoms with Crippen LogP contribution in [0.25, 0.3) is 0 Å². The van der Waals surface area contributed by atoms with Gasteiger partial charge in [-0.15, -0.1) is 0 Å². The fraction of sp³-hybridized carbons (Fsp3) is 0.467. The highest BCUT2D eigenvalue weighted by Crippen LogP contribution is 2.20. The minimum absolute atomic E-state index is 0.272. The topological polar surface area (TPSA) is 60.2 Å². The molecule has 106 valence electrons. The standard InChI is InChI=1S/C15H19N3O2/c1-19-12-7-4-11(5-8-12)6-9-14-17-15(18-20-14)13-3-2-10-16-13/h4-5,7-8,13,16H,2-3,6,9-10H2,1H3. The van der Waals surface area contributed by atoms with Gasteiger partial charge in [-0.2, -0.15) is 4.98 Å². The largest absolute Gasteiger partial charge is 0.497 e. The average molecular weight is 273 g/mol. The lowest BCUT2D eigenvalue weighted by Crippen LogP contribution is -2.14. The maximum Gasteiger partial charge on any atom is 0.227 e. The first-order chi connectivity index (χ1) is 9.85. The fourth-order valence-electron chi connectivity index (χ4n) is 2.46. The second-order valence-electron chi connectivity index (χ2n) is 5.04. The van der Waals surface area contributed by atoms with Gasteiger partial charge in [-0.3, -0.25) is 0 Å². The summed E-state index contributed by atoms with van der Waals surface area (Å²) in [6.45, 7) is 1.04. The summed E-state index contributed by atoms with van der Waals surface area (Å²) in [4.78, 5) is 4.48. The summed E-state index contributed by atoms with van der Waals surface area (Å²) in [5.41, 5.74) is 1.24. The molecule has 1 aromatic carbocycles. The fourth-order valence-corrected chi connectivity index (χ4v) is 2.46. The highest BCUT2D eigenvalue weighted by molar-refractivity contribution is 5.27. The molecule has 0 bridgehead atoms. The molecule has 1 fully saturated rings. The lowest BCUT2D eigenvalue weighted by Gasteiger charge is -2.02. The Bertz CT molecular complexity index is 545. The predicted molar refractivity (Wildman–Crippen MR) is 74.7 cm³/mol. The third-order valence-corrected chi connectivity index (χ3v) is 3.64. The number of aromatic nitrogens is 2. The van der Waals surface area contributed by atoms with Crippen LogP contribution in [0.1, 0.15) is 36.2 Å². The number of hydrogen-bond donors (Lipinski definition) is 1. The zero-order chi connectivity index (χ0) is 13.8. The molecule has 1 unspecified atom stereocenters. The van der Waals surface area contributed by atoms with Crippen LogP contribution in [0, 0.1) is 0 Å². The maximum atomic E-state index is 5.32. The van der Waals surface area contributed by atoms with Gasteiger partial charge in [0, 0.05) is 6.42 Å². The smallest absolute Gasteiger partial charge is 0.227 e. The zero-order valence-corrected chi connectivity index (χ0v) is 11.6. The Kier molecular flexibility index (Phi) is 3.97. The van der Waals surface area contributed by atoms with Crippen LogP contribution in [0.2, 0.25) is 0 Å². The predicted octanol–water partition coefficient (Wildman–Crippen LogP) is 2.29. The van der Waals surface area contributed by atoms with Crippen LogP contribution >= 0.6 is 0 Å². The maximum absolute atomic E-state index is 5.32. The van der Waals surface area contributed by atoms with Crippen molar-refractivity contribution in [2.24, 2.45) is 0 Å². The highest BCUT2D eigenvalue weighted by atomic mass is 16.5. The lowest BCUT2D eigenvalue weighted by molar-refractivity contribution is 0.368. The molecule has 1 aliphatic heterocycles. The van der Waals surface area contributed by atoms with Gasteiger partial charge < -0.3 is 14.6 Å². The molecule has 2 aromatic rings. The van der Waals surface area contributed by atoms with E-state index in [1.165, 1.54) is 12.0 Å². The molecule has 0 saturated carbocycles. The molecule has 0 radical (unpaired) electrons. The Morgan fingerprint density at radius 1 is 1.30 bits per heavy atom. The second kappa shape index (κ2) is 6.05. The Hall–Kier alpha value is -1.88. The molecule has 1 aliphatic rings. The van der Waals surface area contributed by atoms with Crippen molar-refractivity contribution in [3.05, 3.63) is 41.5 Å². The third-order valence-electron chi connectivity index (χ3n) is 3.64. The number of nitrogens with one attached hydrogen (secondary N) is 1. The molecule has 20 heavy (non-hydrogen) atoms. The van der Waals surface area contributed by atoms with Crippen molar-refractivity contribution >= 4 is 0 Å². The van der Waals surface area contributed by atoms with Crippen LogP contribution in [-0.2, 0) is 12.8 Å². The van der Waals surface area contributed by atoms with Crippen LogP contribution < -0.4 is 10.1 Å². The van der Waals surface area contributed by atoms with E-state index in [0.717, 1.165) is 37.4 Å². The van der Waals surface area contributed by atoms with Gasteiger partial charge in [-0.05, 0) is 43.5 Å². The van der Waals surface area contributed by atoms with Crippen molar-refractivity contribution in [2.75, 3.05) is 13.7 Å². The molecule has 1 saturated heterocycles. The van der Waals surface area contributed by atoms with Crippen LogP contribution in [-0.4, -0.2) is 23.8 Å². The van der Waals surface area contributed by atoms with Gasteiger partial charge in [0.05, 0.1) is 13.2 Å². The molecule has 0 amide bonds. The van der Waals surface area contributed by atoms with Crippen molar-refractivity contribution in [1.82, 2.24) is 15.5 Å². The first kappa shape index (κ1) is 13.1. The van der Waals surface area contributed by atoms with Gasteiger partial charge in [0.1, 0.15) is 5.75 Å². The summed E-state index contributed by atoms with van der Waals surface area (Å²) in [6, 6.07) is 8.34. The van der Waals surface area contributed by atoms with E-state index >= 15 is 0 Å². The molecule has 0 spiro atoms. The van der Waals surface area contributed by atoms with Gasteiger partial charge >= 0.3 is 0 Å². The number of benzene rings is 1. The first-order valence-electron chi connectivity index (χ1n) is 7.04. The van der Waals surface area contributed by atoms with Crippen molar-refractivity contribution in [3.63, 3.8) is 0 Å². The Labute approximate surface area is 118 Å². The van der Waals surface area contributed by atoms with Crippen molar-refractivity contribution in [2.45, 2.75) is 31.7 Å². The number of ether oxygens (including phenoxy) is 1. The van der Waals surface area contributed by atoms with Crippen LogP contribution in [0.15, 0.2) is 28.8 Å². The van der Waals surface area contributed by atoms with E-state index in [9.17, 15) is 0 Å². The average Bonchev–Trinajstić information content (AvgIpc) is 3.16. The lowest BCUT2D eigenvalue weighted by atomic mass is 10.1. The molecule has 1 atom stereocenters. The van der Waals surface area contributed by atoms with E-state index in [4.69, 9.17) is 9.26 Å². The normalized spacial score (nSPS) is 18.4. The molecule has 1 aromatic heterocycles. The highest BCUT2D eigenvalue weighted by Gasteiger charge is 2.21. The van der Waals surface area contributed by atoms with Gasteiger partial charge in [0.2, 0.25) is 5.89 Å². The number of methoxy groups -OCH3 is 1. The monoisotopic (exact) mass is 273 g/mol. The molecule has 3 rings (SSSR count). The van der Waals surface area contributed by atoms with E-state index in [1.54, 1.807) is 7.11 Å². The van der Waals surface area contributed by atoms with Crippen LogP contribution in [0.5, 0.6) is 5.75 Å². The van der Waals surface area contributed by atoms with Gasteiger partial charge in [-0.1, -0.05) is 17.3 Å². The molecule has 5 nitrogen and oxygen atoms in total. The second-order valence-corrected chi connectivity index (χ2v) is 5.04. The molecule has 1 N–H and O–H groups in total. The third kappa shape index (κ3) is 2.99. The molecular formula is C15H19N3O2. The number of aryl methyl sites for hydroxylation is 2. The summed E-state index contributed by atoms with van der Waals surface area (Å²) in [6.07, 6.45) is 3.94.